The third kappa shape index (κ3) is 4.37. The second-order valence-electron chi connectivity index (χ2n) is 7.37. The number of amides is 1. The zero-order valence-corrected chi connectivity index (χ0v) is 15.6. The summed E-state index contributed by atoms with van der Waals surface area (Å²) in [6.45, 7) is 4.35. The molecule has 0 unspecified atom stereocenters. The average molecular weight is 369 g/mol. The lowest BCUT2D eigenvalue weighted by Crippen LogP contribution is -2.40. The zero-order valence-electron chi connectivity index (χ0n) is 15.6. The van der Waals surface area contributed by atoms with Crippen LogP contribution in [0.1, 0.15) is 37.7 Å². The summed E-state index contributed by atoms with van der Waals surface area (Å²) in [5.74, 6) is 1.04. The van der Waals surface area contributed by atoms with Crippen LogP contribution < -0.4 is 15.1 Å². The van der Waals surface area contributed by atoms with Gasteiger partial charge in [0.05, 0.1) is 24.3 Å². The van der Waals surface area contributed by atoms with Crippen LogP contribution in [0.5, 0.6) is 0 Å². The number of aromatic nitrogens is 4. The highest BCUT2D eigenvalue weighted by Gasteiger charge is 2.25. The van der Waals surface area contributed by atoms with Gasteiger partial charge in [-0.2, -0.15) is 5.10 Å². The fraction of sp³-hybridized carbons (Fsp3) is 0.579. The molecule has 2 aliphatic heterocycles. The molecule has 0 spiro atoms. The molecule has 0 bridgehead atoms. The summed E-state index contributed by atoms with van der Waals surface area (Å²) in [7, 11) is 0. The Morgan fingerprint density at radius 2 is 1.78 bits per heavy atom. The average Bonchev–Trinajstić information content (AvgIpc) is 3.27. The monoisotopic (exact) mass is 369 g/mol. The van der Waals surface area contributed by atoms with E-state index in [1.807, 2.05) is 12.4 Å². The summed E-state index contributed by atoms with van der Waals surface area (Å²) >= 11 is 0. The van der Waals surface area contributed by atoms with Gasteiger partial charge in [0.2, 0.25) is 11.9 Å². The zero-order chi connectivity index (χ0) is 18.5. The van der Waals surface area contributed by atoms with Crippen LogP contribution >= 0.6 is 0 Å². The minimum absolute atomic E-state index is 0.0710. The first-order valence-corrected chi connectivity index (χ1v) is 9.87. The van der Waals surface area contributed by atoms with Crippen molar-refractivity contribution >= 4 is 17.5 Å². The molecule has 27 heavy (non-hydrogen) atoms. The lowest BCUT2D eigenvalue weighted by atomic mass is 9.95. The van der Waals surface area contributed by atoms with Gasteiger partial charge in [0.25, 0.3) is 0 Å². The number of carbonyl (C=O) groups excluding carboxylic acids is 1. The lowest BCUT2D eigenvalue weighted by molar-refractivity contribution is -0.125. The molecule has 144 valence electrons. The Morgan fingerprint density at radius 3 is 2.44 bits per heavy atom. The van der Waals surface area contributed by atoms with Gasteiger partial charge in [-0.15, -0.1) is 0 Å². The van der Waals surface area contributed by atoms with Crippen LogP contribution in [-0.4, -0.2) is 52.3 Å². The van der Waals surface area contributed by atoms with Crippen molar-refractivity contribution in [3.8, 4) is 0 Å². The Bertz CT molecular complexity index is 717. The number of rotatable bonds is 5. The summed E-state index contributed by atoms with van der Waals surface area (Å²) in [5.41, 5.74) is 2.04. The van der Waals surface area contributed by atoms with Crippen molar-refractivity contribution in [2.24, 2.45) is 5.92 Å². The van der Waals surface area contributed by atoms with Crippen molar-refractivity contribution in [1.29, 1.82) is 0 Å². The minimum Gasteiger partial charge on any atom is -0.369 e. The van der Waals surface area contributed by atoms with E-state index < -0.39 is 0 Å². The van der Waals surface area contributed by atoms with E-state index in [1.165, 1.54) is 19.3 Å². The van der Waals surface area contributed by atoms with Gasteiger partial charge < -0.3 is 15.1 Å². The third-order valence-corrected chi connectivity index (χ3v) is 5.52. The predicted molar refractivity (Wildman–Crippen MR) is 103 cm³/mol. The summed E-state index contributed by atoms with van der Waals surface area (Å²) in [6, 6.07) is 0. The molecule has 0 aromatic carbocycles. The Kier molecular flexibility index (Phi) is 5.50. The van der Waals surface area contributed by atoms with E-state index in [1.54, 1.807) is 12.4 Å². The summed E-state index contributed by atoms with van der Waals surface area (Å²) < 4.78 is 0. The van der Waals surface area contributed by atoms with Crippen molar-refractivity contribution < 1.29 is 4.79 Å². The Morgan fingerprint density at radius 1 is 1.04 bits per heavy atom. The highest BCUT2D eigenvalue weighted by Crippen LogP contribution is 2.24. The van der Waals surface area contributed by atoms with E-state index >= 15 is 0 Å². The Labute approximate surface area is 159 Å². The Balaban J connectivity index is 1.26. The van der Waals surface area contributed by atoms with Crippen molar-refractivity contribution in [1.82, 2.24) is 25.5 Å². The first-order valence-electron chi connectivity index (χ1n) is 9.87. The van der Waals surface area contributed by atoms with Gasteiger partial charge in [0.15, 0.2) is 0 Å². The largest absolute Gasteiger partial charge is 0.369 e. The van der Waals surface area contributed by atoms with Crippen LogP contribution in [0.3, 0.4) is 0 Å². The number of carbonyl (C=O) groups is 1. The van der Waals surface area contributed by atoms with Gasteiger partial charge in [-0.3, -0.25) is 9.89 Å². The maximum absolute atomic E-state index is 12.4. The molecule has 2 fully saturated rings. The number of hydrogen-bond donors (Lipinski definition) is 2. The summed E-state index contributed by atoms with van der Waals surface area (Å²) in [4.78, 5) is 26.1. The molecule has 0 saturated carbocycles. The number of hydrogen-bond acceptors (Lipinski definition) is 6. The van der Waals surface area contributed by atoms with Gasteiger partial charge in [0.1, 0.15) is 0 Å². The normalized spacial score (nSPS) is 18.5. The van der Waals surface area contributed by atoms with Crippen LogP contribution in [0, 0.1) is 5.92 Å². The molecule has 0 radical (unpaired) electrons. The molecule has 8 nitrogen and oxygen atoms in total. The molecular formula is C19H27N7O. The highest BCUT2D eigenvalue weighted by molar-refractivity contribution is 5.79. The standard InChI is InChI=1S/C19H27N7O/c27-18(20-10-15-11-23-24-12-15)16-4-8-25(9-5-16)17-13-21-19(22-14-17)26-6-2-1-3-7-26/h11-14,16H,1-10H2,(H,20,27)(H,23,24). The fourth-order valence-corrected chi connectivity index (χ4v) is 3.84. The molecule has 0 aliphatic carbocycles. The second-order valence-corrected chi connectivity index (χ2v) is 7.37. The number of piperidine rings is 2. The van der Waals surface area contributed by atoms with Crippen LogP contribution in [-0.2, 0) is 11.3 Å². The van der Waals surface area contributed by atoms with Crippen molar-refractivity contribution in [2.45, 2.75) is 38.6 Å². The highest BCUT2D eigenvalue weighted by atomic mass is 16.1. The number of nitrogens with one attached hydrogen (secondary N) is 2. The third-order valence-electron chi connectivity index (χ3n) is 5.52. The van der Waals surface area contributed by atoms with E-state index in [0.29, 0.717) is 6.54 Å². The molecular weight excluding hydrogens is 342 g/mol. The quantitative estimate of drug-likeness (QED) is 0.834. The van der Waals surface area contributed by atoms with Crippen LogP contribution in [0.15, 0.2) is 24.8 Å². The maximum atomic E-state index is 12.4. The van der Waals surface area contributed by atoms with Gasteiger partial charge in [-0.1, -0.05) is 0 Å². The van der Waals surface area contributed by atoms with E-state index in [-0.39, 0.29) is 11.8 Å². The molecule has 2 N–H and O–H groups in total. The lowest BCUT2D eigenvalue weighted by Gasteiger charge is -2.33. The van der Waals surface area contributed by atoms with Crippen molar-refractivity contribution in [3.05, 3.63) is 30.4 Å². The minimum atomic E-state index is 0.0710. The van der Waals surface area contributed by atoms with Crippen molar-refractivity contribution in [2.75, 3.05) is 36.0 Å². The van der Waals surface area contributed by atoms with E-state index in [4.69, 9.17) is 0 Å². The second kappa shape index (κ2) is 8.37. The smallest absolute Gasteiger partial charge is 0.225 e. The number of H-pyrrole nitrogens is 1. The van der Waals surface area contributed by atoms with Crippen LogP contribution in [0.4, 0.5) is 11.6 Å². The molecule has 0 atom stereocenters. The van der Waals surface area contributed by atoms with Gasteiger partial charge in [-0.05, 0) is 32.1 Å². The molecule has 4 rings (SSSR count). The van der Waals surface area contributed by atoms with E-state index in [2.05, 4.69) is 35.3 Å². The fourth-order valence-electron chi connectivity index (χ4n) is 3.84. The first kappa shape index (κ1) is 17.8. The van der Waals surface area contributed by atoms with Crippen molar-refractivity contribution in [3.63, 3.8) is 0 Å². The van der Waals surface area contributed by atoms with Gasteiger partial charge >= 0.3 is 0 Å². The van der Waals surface area contributed by atoms with E-state index in [9.17, 15) is 4.79 Å². The molecule has 1 amide bonds. The molecule has 2 aromatic rings. The number of anilines is 2. The first-order chi connectivity index (χ1) is 13.3. The van der Waals surface area contributed by atoms with Crippen LogP contribution in [0.25, 0.3) is 0 Å². The maximum Gasteiger partial charge on any atom is 0.225 e. The molecule has 8 heteroatoms. The van der Waals surface area contributed by atoms with Gasteiger partial charge in [-0.25, -0.2) is 9.97 Å². The predicted octanol–water partition coefficient (Wildman–Crippen LogP) is 1.72. The van der Waals surface area contributed by atoms with Gasteiger partial charge in [0, 0.05) is 50.4 Å². The molecule has 2 aromatic heterocycles. The number of aromatic amines is 1. The number of nitrogens with zero attached hydrogens (tertiary/aromatic N) is 5. The SMILES string of the molecule is O=C(NCc1cn[nH]c1)C1CCN(c2cnc(N3CCCCC3)nc2)CC1. The topological polar surface area (TPSA) is 90.0 Å². The molecule has 2 aliphatic rings. The Hall–Kier alpha value is -2.64. The van der Waals surface area contributed by atoms with E-state index in [0.717, 1.165) is 56.2 Å². The summed E-state index contributed by atoms with van der Waals surface area (Å²) in [6.07, 6.45) is 12.8. The molecule has 4 heterocycles. The summed E-state index contributed by atoms with van der Waals surface area (Å²) in [5, 5.41) is 9.66. The molecule has 2 saturated heterocycles. The van der Waals surface area contributed by atoms with Crippen LogP contribution in [0.2, 0.25) is 0 Å².